The lowest BCUT2D eigenvalue weighted by molar-refractivity contribution is 0.0953. The summed E-state index contributed by atoms with van der Waals surface area (Å²) >= 11 is 1.46. The van der Waals surface area contributed by atoms with E-state index in [9.17, 15) is 17.6 Å². The first-order valence-electron chi connectivity index (χ1n) is 9.73. The molecule has 1 heterocycles. The Morgan fingerprint density at radius 2 is 1.90 bits per heavy atom. The maximum atomic E-state index is 13.8. The van der Waals surface area contributed by atoms with Gasteiger partial charge >= 0.3 is 0 Å². The number of hydrogen-bond acceptors (Lipinski definition) is 5. The maximum absolute atomic E-state index is 13.8. The van der Waals surface area contributed by atoms with Crippen molar-refractivity contribution in [2.75, 3.05) is 25.0 Å². The lowest BCUT2D eigenvalue weighted by Gasteiger charge is -2.19. The van der Waals surface area contributed by atoms with E-state index >= 15 is 0 Å². The van der Waals surface area contributed by atoms with Gasteiger partial charge in [0.25, 0.3) is 5.91 Å². The largest absolute Gasteiger partial charge is 0.372 e. The number of carbonyl (C=O) groups is 1. The third-order valence-corrected chi connectivity index (χ3v) is 6.92. The van der Waals surface area contributed by atoms with Crippen LogP contribution in [0.5, 0.6) is 0 Å². The molecular weight excluding hydrogens is 437 g/mol. The van der Waals surface area contributed by atoms with Crippen LogP contribution in [0.1, 0.15) is 21.7 Å². The summed E-state index contributed by atoms with van der Waals surface area (Å²) in [4.78, 5) is 15.2. The Morgan fingerprint density at radius 1 is 1.10 bits per heavy atom. The lowest BCUT2D eigenvalue weighted by Crippen LogP contribution is -2.29. The van der Waals surface area contributed by atoms with Crippen molar-refractivity contribution in [3.8, 4) is 0 Å². The molecule has 0 atom stereocenters. The van der Waals surface area contributed by atoms with Crippen LogP contribution in [0.2, 0.25) is 0 Å². The smallest absolute Gasteiger partial charge is 0.251 e. The molecule has 0 radical (unpaired) electrons. The highest BCUT2D eigenvalue weighted by Crippen LogP contribution is 2.17. The Kier molecular flexibility index (Phi) is 7.78. The Hall–Kier alpha value is -2.75. The summed E-state index contributed by atoms with van der Waals surface area (Å²) in [6, 6.07) is 16.1. The standard InChI is InChI=1S/C22H24FN3O3S2/c1-26(21-11-3-2-10-20(21)23)13-6-12-24-22(27)17-7-4-9-19(15-17)31(28,29)25-16-18-8-5-14-30-18/h2-5,7-11,14-15,25H,6,12-13,16H2,1H3,(H,24,27). The molecule has 9 heteroatoms. The van der Waals surface area contributed by atoms with Crippen LogP contribution in [0.3, 0.4) is 0 Å². The number of anilines is 1. The van der Waals surface area contributed by atoms with E-state index in [1.54, 1.807) is 42.3 Å². The second-order valence-corrected chi connectivity index (χ2v) is 9.71. The molecule has 0 saturated carbocycles. The van der Waals surface area contributed by atoms with Crippen LogP contribution in [0.4, 0.5) is 10.1 Å². The summed E-state index contributed by atoms with van der Waals surface area (Å²) in [6.45, 7) is 1.14. The van der Waals surface area contributed by atoms with Crippen molar-refractivity contribution >= 4 is 33.0 Å². The average Bonchev–Trinajstić information content (AvgIpc) is 3.29. The van der Waals surface area contributed by atoms with Crippen LogP contribution in [-0.4, -0.2) is 34.5 Å². The quantitative estimate of drug-likeness (QED) is 0.452. The average molecular weight is 462 g/mol. The van der Waals surface area contributed by atoms with Crippen molar-refractivity contribution in [2.24, 2.45) is 0 Å². The molecule has 1 amide bonds. The van der Waals surface area contributed by atoms with Gasteiger partial charge in [-0.15, -0.1) is 11.3 Å². The molecule has 3 aromatic rings. The number of carbonyl (C=O) groups excluding carboxylic acids is 1. The number of hydrogen-bond donors (Lipinski definition) is 2. The number of benzene rings is 2. The maximum Gasteiger partial charge on any atom is 0.251 e. The number of para-hydroxylation sites is 1. The number of nitrogens with zero attached hydrogens (tertiary/aromatic N) is 1. The molecular formula is C22H24FN3O3S2. The van der Waals surface area contributed by atoms with E-state index in [0.717, 1.165) is 4.88 Å². The highest BCUT2D eigenvalue weighted by atomic mass is 32.2. The second kappa shape index (κ2) is 10.5. The summed E-state index contributed by atoms with van der Waals surface area (Å²) in [5, 5.41) is 4.66. The van der Waals surface area contributed by atoms with E-state index in [1.165, 1.54) is 29.5 Å². The monoisotopic (exact) mass is 461 g/mol. The van der Waals surface area contributed by atoms with Gasteiger partial charge in [0.05, 0.1) is 10.6 Å². The molecule has 2 aromatic carbocycles. The highest BCUT2D eigenvalue weighted by molar-refractivity contribution is 7.89. The summed E-state index contributed by atoms with van der Waals surface area (Å²) in [5.41, 5.74) is 0.767. The fraction of sp³-hybridized carbons (Fsp3) is 0.227. The van der Waals surface area contributed by atoms with Gasteiger partial charge in [-0.2, -0.15) is 0 Å². The molecule has 0 aliphatic rings. The van der Waals surface area contributed by atoms with Gasteiger partial charge in [0.1, 0.15) is 5.82 Å². The van der Waals surface area contributed by atoms with Gasteiger partial charge < -0.3 is 10.2 Å². The Balaban J connectivity index is 1.52. The van der Waals surface area contributed by atoms with Crippen molar-refractivity contribution in [3.05, 3.63) is 82.3 Å². The van der Waals surface area contributed by atoms with Crippen LogP contribution in [0.15, 0.2) is 70.9 Å². The molecule has 2 N–H and O–H groups in total. The molecule has 31 heavy (non-hydrogen) atoms. The van der Waals surface area contributed by atoms with Crippen molar-refractivity contribution in [3.63, 3.8) is 0 Å². The topological polar surface area (TPSA) is 78.5 Å². The van der Waals surface area contributed by atoms with E-state index in [2.05, 4.69) is 10.0 Å². The van der Waals surface area contributed by atoms with Gasteiger partial charge in [0.2, 0.25) is 10.0 Å². The summed E-state index contributed by atoms with van der Waals surface area (Å²) in [5.74, 6) is -0.649. The number of halogens is 1. The Morgan fingerprint density at radius 3 is 2.65 bits per heavy atom. The minimum Gasteiger partial charge on any atom is -0.372 e. The van der Waals surface area contributed by atoms with Gasteiger partial charge in [0, 0.05) is 37.1 Å². The molecule has 3 rings (SSSR count). The number of thiophene rings is 1. The van der Waals surface area contributed by atoms with E-state index in [4.69, 9.17) is 0 Å². The van der Waals surface area contributed by atoms with Gasteiger partial charge in [-0.05, 0) is 48.2 Å². The van der Waals surface area contributed by atoms with E-state index in [-0.39, 0.29) is 28.7 Å². The zero-order valence-electron chi connectivity index (χ0n) is 17.0. The number of nitrogens with one attached hydrogen (secondary N) is 2. The number of sulfonamides is 1. The fourth-order valence-corrected chi connectivity index (χ4v) is 4.76. The third-order valence-electron chi connectivity index (χ3n) is 4.64. The van der Waals surface area contributed by atoms with Gasteiger partial charge in [-0.3, -0.25) is 4.79 Å². The normalized spacial score (nSPS) is 11.3. The zero-order valence-corrected chi connectivity index (χ0v) is 18.7. The fourth-order valence-electron chi connectivity index (χ4n) is 2.97. The highest BCUT2D eigenvalue weighted by Gasteiger charge is 2.16. The minimum absolute atomic E-state index is 0.0380. The van der Waals surface area contributed by atoms with Crippen LogP contribution in [-0.2, 0) is 16.6 Å². The van der Waals surface area contributed by atoms with Crippen LogP contribution in [0, 0.1) is 5.82 Å². The second-order valence-electron chi connectivity index (χ2n) is 6.91. The number of amides is 1. The first kappa shape index (κ1) is 22.9. The molecule has 0 bridgehead atoms. The molecule has 6 nitrogen and oxygen atoms in total. The van der Waals surface area contributed by atoms with Crippen molar-refractivity contribution < 1.29 is 17.6 Å². The van der Waals surface area contributed by atoms with Crippen molar-refractivity contribution in [1.29, 1.82) is 0 Å². The van der Waals surface area contributed by atoms with E-state index in [1.807, 2.05) is 17.5 Å². The van der Waals surface area contributed by atoms with Gasteiger partial charge in [0.15, 0.2) is 0 Å². The Bertz CT molecular complexity index is 1120. The predicted molar refractivity (Wildman–Crippen MR) is 121 cm³/mol. The third kappa shape index (κ3) is 6.36. The lowest BCUT2D eigenvalue weighted by atomic mass is 10.2. The summed E-state index contributed by atoms with van der Waals surface area (Å²) < 4.78 is 41.4. The molecule has 0 unspecified atom stereocenters. The van der Waals surface area contributed by atoms with E-state index in [0.29, 0.717) is 25.2 Å². The Labute approximate surface area is 185 Å². The van der Waals surface area contributed by atoms with E-state index < -0.39 is 10.0 Å². The first-order valence-corrected chi connectivity index (χ1v) is 12.1. The predicted octanol–water partition coefficient (Wildman–Crippen LogP) is 3.62. The van der Waals surface area contributed by atoms with Crippen molar-refractivity contribution in [2.45, 2.75) is 17.9 Å². The molecule has 1 aromatic heterocycles. The minimum atomic E-state index is -3.73. The zero-order chi connectivity index (χ0) is 22.3. The summed E-state index contributed by atoms with van der Waals surface area (Å²) in [6.07, 6.45) is 0.608. The van der Waals surface area contributed by atoms with Gasteiger partial charge in [-0.1, -0.05) is 24.3 Å². The summed E-state index contributed by atoms with van der Waals surface area (Å²) in [7, 11) is -1.94. The molecule has 0 spiro atoms. The number of rotatable bonds is 10. The molecule has 0 saturated heterocycles. The van der Waals surface area contributed by atoms with Gasteiger partial charge in [-0.25, -0.2) is 17.5 Å². The molecule has 0 aliphatic carbocycles. The van der Waals surface area contributed by atoms with Crippen LogP contribution >= 0.6 is 11.3 Å². The first-order chi connectivity index (χ1) is 14.9. The molecule has 164 valence electrons. The SMILES string of the molecule is CN(CCCNC(=O)c1cccc(S(=O)(=O)NCc2cccs2)c1)c1ccccc1F. The van der Waals surface area contributed by atoms with Crippen molar-refractivity contribution in [1.82, 2.24) is 10.0 Å². The molecule has 0 aliphatic heterocycles. The molecule has 0 fully saturated rings. The van der Waals surface area contributed by atoms with Crippen LogP contribution < -0.4 is 14.9 Å². The van der Waals surface area contributed by atoms with Crippen LogP contribution in [0.25, 0.3) is 0 Å².